The lowest BCUT2D eigenvalue weighted by Gasteiger charge is -2.56. The summed E-state index contributed by atoms with van der Waals surface area (Å²) in [6.45, 7) is 1.88. The van der Waals surface area contributed by atoms with E-state index in [0.29, 0.717) is 5.41 Å². The summed E-state index contributed by atoms with van der Waals surface area (Å²) in [7, 11) is 0. The van der Waals surface area contributed by atoms with Crippen LogP contribution >= 0.6 is 0 Å². The molecule has 3 nitrogen and oxygen atoms in total. The second kappa shape index (κ2) is 4.34. The molecule has 0 amide bonds. The molecule has 1 aromatic rings. The fourth-order valence-electron chi connectivity index (χ4n) is 5.62. The third kappa shape index (κ3) is 2.12. The van der Waals surface area contributed by atoms with Gasteiger partial charge in [0.25, 0.3) is 0 Å². The minimum atomic E-state index is 0.584. The molecule has 0 radical (unpaired) electrons. The molecule has 2 N–H and O–H groups in total. The maximum Gasteiger partial charge on any atom is 0.0522 e. The smallest absolute Gasteiger partial charge is 0.0522 e. The van der Waals surface area contributed by atoms with E-state index in [1.165, 1.54) is 44.1 Å². The Labute approximate surface area is 115 Å². The van der Waals surface area contributed by atoms with Crippen LogP contribution in [-0.4, -0.2) is 16.3 Å². The molecule has 4 aliphatic carbocycles. The average molecular weight is 259 g/mol. The lowest BCUT2D eigenvalue weighted by molar-refractivity contribution is -0.0635. The number of aromatic nitrogens is 2. The molecule has 4 saturated carbocycles. The van der Waals surface area contributed by atoms with Crippen LogP contribution in [0.2, 0.25) is 0 Å². The molecule has 3 heteroatoms. The number of hydrogen-bond donors (Lipinski definition) is 1. The van der Waals surface area contributed by atoms with Gasteiger partial charge in [0.15, 0.2) is 0 Å². The summed E-state index contributed by atoms with van der Waals surface area (Å²) in [5.41, 5.74) is 7.50. The number of nitrogens with zero attached hydrogens (tertiary/aromatic N) is 2. The molecule has 4 aliphatic rings. The summed E-state index contributed by atoms with van der Waals surface area (Å²) in [5, 5.41) is 4.57. The van der Waals surface area contributed by atoms with Crippen LogP contribution < -0.4 is 5.73 Å². The fourth-order valence-corrected chi connectivity index (χ4v) is 5.62. The first-order chi connectivity index (χ1) is 9.25. The van der Waals surface area contributed by atoms with Crippen LogP contribution in [0.1, 0.15) is 44.1 Å². The minimum Gasteiger partial charge on any atom is -0.330 e. The van der Waals surface area contributed by atoms with E-state index >= 15 is 0 Å². The molecule has 104 valence electrons. The predicted octanol–water partition coefficient (Wildman–Crippen LogP) is 2.60. The molecule has 4 fully saturated rings. The van der Waals surface area contributed by atoms with Crippen molar-refractivity contribution < 1.29 is 0 Å². The van der Waals surface area contributed by atoms with Gasteiger partial charge in [-0.15, -0.1) is 0 Å². The van der Waals surface area contributed by atoms with E-state index in [1.807, 2.05) is 6.20 Å². The van der Waals surface area contributed by atoms with Gasteiger partial charge >= 0.3 is 0 Å². The highest BCUT2D eigenvalue weighted by atomic mass is 15.3. The molecule has 1 heterocycles. The highest BCUT2D eigenvalue weighted by Gasteiger charge is 2.50. The first-order valence-electron chi connectivity index (χ1n) is 7.96. The molecule has 5 rings (SSSR count). The van der Waals surface area contributed by atoms with Crippen LogP contribution in [0.3, 0.4) is 0 Å². The van der Waals surface area contributed by atoms with Crippen molar-refractivity contribution in [3.63, 3.8) is 0 Å². The highest BCUT2D eigenvalue weighted by molar-refractivity contribution is 5.06. The normalized spacial score (nSPS) is 39.9. The van der Waals surface area contributed by atoms with Gasteiger partial charge in [-0.2, -0.15) is 5.10 Å². The van der Waals surface area contributed by atoms with Gasteiger partial charge in [0, 0.05) is 12.7 Å². The monoisotopic (exact) mass is 259 g/mol. The predicted molar refractivity (Wildman–Crippen MR) is 75.6 cm³/mol. The Morgan fingerprint density at radius 3 is 2.37 bits per heavy atom. The van der Waals surface area contributed by atoms with Gasteiger partial charge in [-0.05, 0) is 80.2 Å². The van der Waals surface area contributed by atoms with E-state index in [2.05, 4.69) is 16.0 Å². The Hall–Kier alpha value is -0.830. The number of hydrogen-bond acceptors (Lipinski definition) is 2. The van der Waals surface area contributed by atoms with Crippen LogP contribution in [0.5, 0.6) is 0 Å². The van der Waals surface area contributed by atoms with E-state index in [4.69, 9.17) is 5.73 Å². The Balaban J connectivity index is 1.52. The van der Waals surface area contributed by atoms with Crippen LogP contribution in [0.25, 0.3) is 0 Å². The van der Waals surface area contributed by atoms with Crippen molar-refractivity contribution in [3.8, 4) is 0 Å². The zero-order valence-corrected chi connectivity index (χ0v) is 11.7. The molecule has 0 aromatic carbocycles. The van der Waals surface area contributed by atoms with Crippen LogP contribution in [-0.2, 0) is 13.0 Å². The maximum atomic E-state index is 5.62. The molecule has 4 bridgehead atoms. The SMILES string of the molecule is NCCc1cnn(CC23CC4CC(CC(C4)C2)C3)c1. The van der Waals surface area contributed by atoms with E-state index in [0.717, 1.165) is 37.3 Å². The van der Waals surface area contributed by atoms with Crippen LogP contribution in [0.15, 0.2) is 12.4 Å². The van der Waals surface area contributed by atoms with Crippen molar-refractivity contribution in [2.24, 2.45) is 28.9 Å². The Kier molecular flexibility index (Phi) is 2.73. The summed E-state index contributed by atoms with van der Waals surface area (Å²) in [6, 6.07) is 0. The average Bonchev–Trinajstić information content (AvgIpc) is 2.74. The summed E-state index contributed by atoms with van der Waals surface area (Å²) in [5.74, 6) is 3.10. The molecule has 1 aromatic heterocycles. The molecule has 0 unspecified atom stereocenters. The summed E-state index contributed by atoms with van der Waals surface area (Å²) in [4.78, 5) is 0. The Morgan fingerprint density at radius 2 is 1.79 bits per heavy atom. The van der Waals surface area contributed by atoms with E-state index in [-0.39, 0.29) is 0 Å². The van der Waals surface area contributed by atoms with Gasteiger partial charge < -0.3 is 5.73 Å². The van der Waals surface area contributed by atoms with Gasteiger partial charge in [-0.3, -0.25) is 4.68 Å². The first kappa shape index (κ1) is 12.0. The van der Waals surface area contributed by atoms with Crippen molar-refractivity contribution in [2.45, 2.75) is 51.5 Å². The van der Waals surface area contributed by atoms with Gasteiger partial charge in [-0.1, -0.05) is 0 Å². The molecule has 0 aliphatic heterocycles. The zero-order valence-electron chi connectivity index (χ0n) is 11.7. The lowest BCUT2D eigenvalue weighted by atomic mass is 9.49. The molecule has 19 heavy (non-hydrogen) atoms. The van der Waals surface area contributed by atoms with E-state index in [9.17, 15) is 0 Å². The number of rotatable bonds is 4. The third-order valence-corrected chi connectivity index (χ3v) is 5.78. The largest absolute Gasteiger partial charge is 0.330 e. The third-order valence-electron chi connectivity index (χ3n) is 5.78. The van der Waals surface area contributed by atoms with Gasteiger partial charge in [0.1, 0.15) is 0 Å². The Bertz CT molecular complexity index is 427. The highest BCUT2D eigenvalue weighted by Crippen LogP contribution is 2.60. The quantitative estimate of drug-likeness (QED) is 0.903. The van der Waals surface area contributed by atoms with E-state index in [1.54, 1.807) is 0 Å². The van der Waals surface area contributed by atoms with Gasteiger partial charge in [0.2, 0.25) is 0 Å². The minimum absolute atomic E-state index is 0.584. The van der Waals surface area contributed by atoms with Crippen molar-refractivity contribution >= 4 is 0 Å². The summed E-state index contributed by atoms with van der Waals surface area (Å²) < 4.78 is 2.21. The fraction of sp³-hybridized carbons (Fsp3) is 0.812. The summed E-state index contributed by atoms with van der Waals surface area (Å²) in [6.07, 6.45) is 14.2. The van der Waals surface area contributed by atoms with Crippen molar-refractivity contribution in [1.82, 2.24) is 9.78 Å². The molecule has 0 atom stereocenters. The first-order valence-corrected chi connectivity index (χ1v) is 7.96. The topological polar surface area (TPSA) is 43.8 Å². The number of nitrogens with two attached hydrogens (primary N) is 1. The Morgan fingerprint density at radius 1 is 1.16 bits per heavy atom. The lowest BCUT2D eigenvalue weighted by Crippen LogP contribution is -2.47. The molecular formula is C16H25N3. The molecular weight excluding hydrogens is 234 g/mol. The maximum absolute atomic E-state index is 5.62. The standard InChI is InChI=1S/C16H25N3/c17-2-1-12-9-18-19(10-12)11-16-6-13-3-14(7-16)5-15(4-13)8-16/h9-10,13-15H,1-8,11,17H2. The van der Waals surface area contributed by atoms with Crippen LogP contribution in [0.4, 0.5) is 0 Å². The van der Waals surface area contributed by atoms with Crippen LogP contribution in [0, 0.1) is 23.2 Å². The van der Waals surface area contributed by atoms with Gasteiger partial charge in [0.05, 0.1) is 6.20 Å². The molecule has 0 saturated heterocycles. The second-order valence-corrected chi connectivity index (χ2v) is 7.50. The second-order valence-electron chi connectivity index (χ2n) is 7.50. The van der Waals surface area contributed by atoms with E-state index < -0.39 is 0 Å². The van der Waals surface area contributed by atoms with Crippen molar-refractivity contribution in [2.75, 3.05) is 6.54 Å². The van der Waals surface area contributed by atoms with Gasteiger partial charge in [-0.25, -0.2) is 0 Å². The van der Waals surface area contributed by atoms with Crippen molar-refractivity contribution in [3.05, 3.63) is 18.0 Å². The zero-order chi connectivity index (χ0) is 12.9. The molecule has 0 spiro atoms. The van der Waals surface area contributed by atoms with Crippen molar-refractivity contribution in [1.29, 1.82) is 0 Å². The summed E-state index contributed by atoms with van der Waals surface area (Å²) >= 11 is 0.